The molecule has 0 aromatic carbocycles. The van der Waals surface area contributed by atoms with Gasteiger partial charge in [0.25, 0.3) is 0 Å². The Labute approximate surface area is 143 Å². The Morgan fingerprint density at radius 1 is 1.00 bits per heavy atom. The highest BCUT2D eigenvalue weighted by Crippen LogP contribution is 2.38. The Bertz CT molecular complexity index is 568. The molecule has 0 aromatic heterocycles. The van der Waals surface area contributed by atoms with Crippen LogP contribution < -0.4 is 0 Å². The number of carbonyl (C=O) groups excluding carboxylic acids is 2. The van der Waals surface area contributed by atoms with Gasteiger partial charge in [-0.2, -0.15) is 0 Å². The first-order valence-electron chi connectivity index (χ1n) is 8.37. The van der Waals surface area contributed by atoms with Gasteiger partial charge in [0.05, 0.1) is 6.04 Å². The smallest absolute Gasteiger partial charge is 0.333 e. The summed E-state index contributed by atoms with van der Waals surface area (Å²) in [7, 11) is 1.91. The van der Waals surface area contributed by atoms with Gasteiger partial charge in [-0.3, -0.25) is 4.90 Å². The SMILES string of the molecule is C/C=C(\C)C(=O)OC1C[C@@H]2C(OC(=O)/C(C)=C/C)C(O)[C@H](C1)N2C. The zero-order chi connectivity index (χ0) is 18.0. The van der Waals surface area contributed by atoms with E-state index in [0.717, 1.165) is 0 Å². The molecule has 2 saturated heterocycles. The maximum atomic E-state index is 12.0. The average molecular weight is 337 g/mol. The van der Waals surface area contributed by atoms with Crippen LogP contribution in [-0.2, 0) is 19.1 Å². The third-order valence-electron chi connectivity index (χ3n) is 5.19. The molecule has 134 valence electrons. The molecule has 2 aliphatic heterocycles. The van der Waals surface area contributed by atoms with Crippen molar-refractivity contribution in [3.8, 4) is 0 Å². The van der Waals surface area contributed by atoms with Gasteiger partial charge in [-0.25, -0.2) is 9.59 Å². The summed E-state index contributed by atoms with van der Waals surface area (Å²) in [5.74, 6) is -0.750. The van der Waals surface area contributed by atoms with Crippen LogP contribution in [0.2, 0.25) is 0 Å². The van der Waals surface area contributed by atoms with Crippen LogP contribution in [0.3, 0.4) is 0 Å². The molecular weight excluding hydrogens is 310 g/mol. The van der Waals surface area contributed by atoms with E-state index >= 15 is 0 Å². The molecule has 5 atom stereocenters. The molecule has 2 bridgehead atoms. The minimum Gasteiger partial charge on any atom is -0.459 e. The van der Waals surface area contributed by atoms with Crippen molar-refractivity contribution in [3.05, 3.63) is 23.3 Å². The van der Waals surface area contributed by atoms with Gasteiger partial charge in [0, 0.05) is 30.0 Å². The number of esters is 2. The number of hydrogen-bond donors (Lipinski definition) is 1. The molecule has 2 fully saturated rings. The first kappa shape index (κ1) is 18.7. The average Bonchev–Trinajstić information content (AvgIpc) is 2.70. The Morgan fingerprint density at radius 3 is 2.04 bits per heavy atom. The summed E-state index contributed by atoms with van der Waals surface area (Å²) in [6.45, 7) is 6.96. The molecule has 1 N–H and O–H groups in total. The maximum absolute atomic E-state index is 12.0. The number of aliphatic hydroxyl groups is 1. The first-order valence-corrected chi connectivity index (χ1v) is 8.37. The first-order chi connectivity index (χ1) is 11.3. The molecule has 24 heavy (non-hydrogen) atoms. The maximum Gasteiger partial charge on any atom is 0.333 e. The second kappa shape index (κ2) is 7.49. The van der Waals surface area contributed by atoms with E-state index in [-0.39, 0.29) is 24.2 Å². The molecule has 0 aromatic rings. The van der Waals surface area contributed by atoms with Crippen molar-refractivity contribution in [1.29, 1.82) is 0 Å². The van der Waals surface area contributed by atoms with Crippen molar-refractivity contribution in [2.24, 2.45) is 0 Å². The summed E-state index contributed by atoms with van der Waals surface area (Å²) in [6, 6.07) is -0.341. The van der Waals surface area contributed by atoms with E-state index in [1.54, 1.807) is 39.8 Å². The second-order valence-corrected chi connectivity index (χ2v) is 6.60. The second-order valence-electron chi connectivity index (χ2n) is 6.60. The zero-order valence-corrected chi connectivity index (χ0v) is 15.0. The molecule has 3 unspecified atom stereocenters. The van der Waals surface area contributed by atoms with E-state index in [9.17, 15) is 14.7 Å². The number of hydrogen-bond acceptors (Lipinski definition) is 6. The van der Waals surface area contributed by atoms with E-state index in [1.807, 2.05) is 11.9 Å². The highest BCUT2D eigenvalue weighted by molar-refractivity contribution is 5.88. The number of piperidine rings is 1. The normalized spacial score (nSPS) is 34.2. The lowest BCUT2D eigenvalue weighted by molar-refractivity contribution is -0.152. The molecule has 0 spiro atoms. The monoisotopic (exact) mass is 337 g/mol. The molecule has 0 amide bonds. The van der Waals surface area contributed by atoms with E-state index in [2.05, 4.69) is 0 Å². The Morgan fingerprint density at radius 2 is 1.50 bits per heavy atom. The molecule has 2 heterocycles. The quantitative estimate of drug-likeness (QED) is 0.620. The zero-order valence-electron chi connectivity index (χ0n) is 15.0. The van der Waals surface area contributed by atoms with Crippen molar-refractivity contribution in [2.45, 2.75) is 70.9 Å². The molecule has 0 radical (unpaired) electrons. The summed E-state index contributed by atoms with van der Waals surface area (Å²) < 4.78 is 11.1. The lowest BCUT2D eigenvalue weighted by Gasteiger charge is -2.36. The number of rotatable bonds is 4. The number of aliphatic hydroxyl groups excluding tert-OH is 1. The third-order valence-corrected chi connectivity index (χ3v) is 5.19. The molecule has 0 saturated carbocycles. The van der Waals surface area contributed by atoms with Gasteiger partial charge in [-0.1, -0.05) is 12.2 Å². The molecule has 2 aliphatic rings. The van der Waals surface area contributed by atoms with Gasteiger partial charge in [-0.05, 0) is 34.7 Å². The largest absolute Gasteiger partial charge is 0.459 e. The lowest BCUT2D eigenvalue weighted by atomic mass is 10.00. The van der Waals surface area contributed by atoms with Crippen molar-refractivity contribution in [2.75, 3.05) is 7.05 Å². The highest BCUT2D eigenvalue weighted by atomic mass is 16.6. The van der Waals surface area contributed by atoms with Crippen LogP contribution in [0.5, 0.6) is 0 Å². The number of carbonyl (C=O) groups is 2. The minimum atomic E-state index is -0.778. The lowest BCUT2D eigenvalue weighted by Crippen LogP contribution is -2.46. The van der Waals surface area contributed by atoms with Crippen molar-refractivity contribution < 1.29 is 24.2 Å². The van der Waals surface area contributed by atoms with E-state index < -0.39 is 18.2 Å². The van der Waals surface area contributed by atoms with Crippen LogP contribution in [0, 0.1) is 0 Å². The molecule has 2 rings (SSSR count). The van der Waals surface area contributed by atoms with E-state index in [0.29, 0.717) is 24.0 Å². The highest BCUT2D eigenvalue weighted by Gasteiger charge is 2.53. The molecule has 0 aliphatic carbocycles. The van der Waals surface area contributed by atoms with Crippen LogP contribution in [0.1, 0.15) is 40.5 Å². The van der Waals surface area contributed by atoms with E-state index in [1.165, 1.54) is 0 Å². The number of fused-ring (bicyclic) bond motifs is 2. The standard InChI is InChI=1S/C18H27NO5/c1-6-10(3)17(21)23-12-8-13-15(20)16(14(9-12)19(13)5)24-18(22)11(4)7-2/h6-7,12-16,20H,8-9H2,1-5H3/b10-6+,11-7+/t12?,13-,14+,15?,16?/m0/s1. The predicted molar refractivity (Wildman–Crippen MR) is 89.2 cm³/mol. The van der Waals surface area contributed by atoms with Crippen LogP contribution in [0.15, 0.2) is 23.3 Å². The summed E-state index contributed by atoms with van der Waals surface area (Å²) >= 11 is 0. The summed E-state index contributed by atoms with van der Waals surface area (Å²) in [4.78, 5) is 26.0. The molecular formula is C18H27NO5. The van der Waals surface area contributed by atoms with Crippen LogP contribution in [0.4, 0.5) is 0 Å². The number of nitrogens with zero attached hydrogens (tertiary/aromatic N) is 1. The van der Waals surface area contributed by atoms with Crippen molar-refractivity contribution in [3.63, 3.8) is 0 Å². The van der Waals surface area contributed by atoms with Gasteiger partial charge in [0.1, 0.15) is 18.3 Å². The third kappa shape index (κ3) is 3.54. The van der Waals surface area contributed by atoms with Crippen molar-refractivity contribution in [1.82, 2.24) is 4.90 Å². The summed E-state index contributed by atoms with van der Waals surface area (Å²) in [5, 5.41) is 10.5. The van der Waals surface area contributed by atoms with Crippen LogP contribution in [0.25, 0.3) is 0 Å². The van der Waals surface area contributed by atoms with Crippen molar-refractivity contribution >= 4 is 11.9 Å². The fourth-order valence-corrected chi connectivity index (χ4v) is 3.35. The molecule has 6 nitrogen and oxygen atoms in total. The van der Waals surface area contributed by atoms with Crippen LogP contribution >= 0.6 is 0 Å². The summed E-state index contributed by atoms with van der Waals surface area (Å²) in [5.41, 5.74) is 1.08. The number of allylic oxidation sites excluding steroid dienone is 2. The van der Waals surface area contributed by atoms with Crippen LogP contribution in [-0.4, -0.2) is 59.4 Å². The minimum absolute atomic E-state index is 0.156. The number of likely N-dealkylation sites (N-methyl/N-ethyl adjacent to an activating group) is 1. The molecule has 6 heteroatoms. The Balaban J connectivity index is 2.09. The fourth-order valence-electron chi connectivity index (χ4n) is 3.35. The Kier molecular flexibility index (Phi) is 5.83. The van der Waals surface area contributed by atoms with Gasteiger partial charge in [-0.15, -0.1) is 0 Å². The fraction of sp³-hybridized carbons (Fsp3) is 0.667. The van der Waals surface area contributed by atoms with E-state index in [4.69, 9.17) is 9.47 Å². The predicted octanol–water partition coefficient (Wildman–Crippen LogP) is 1.58. The van der Waals surface area contributed by atoms with Gasteiger partial charge < -0.3 is 14.6 Å². The topological polar surface area (TPSA) is 76.1 Å². The Hall–Kier alpha value is -1.66. The van der Waals surface area contributed by atoms with Gasteiger partial charge >= 0.3 is 11.9 Å². The van der Waals surface area contributed by atoms with Gasteiger partial charge in [0.2, 0.25) is 0 Å². The van der Waals surface area contributed by atoms with Gasteiger partial charge in [0.15, 0.2) is 0 Å². The number of ether oxygens (including phenoxy) is 2. The summed E-state index contributed by atoms with van der Waals surface area (Å²) in [6.07, 6.45) is 2.82.